The molecule has 0 amide bonds. The van der Waals surface area contributed by atoms with Gasteiger partial charge in [-0.3, -0.25) is 0 Å². The molecule has 2 rings (SSSR count). The molecule has 1 heterocycles. The van der Waals surface area contributed by atoms with Crippen molar-refractivity contribution in [3.63, 3.8) is 0 Å². The van der Waals surface area contributed by atoms with Crippen molar-refractivity contribution in [2.24, 2.45) is 0 Å². The van der Waals surface area contributed by atoms with E-state index in [0.717, 1.165) is 17.7 Å². The zero-order valence-corrected chi connectivity index (χ0v) is 10.1. The predicted molar refractivity (Wildman–Crippen MR) is 69.1 cm³/mol. The highest BCUT2D eigenvalue weighted by Crippen LogP contribution is 2.22. The molecule has 0 bridgehead atoms. The molecule has 1 aromatic heterocycles. The second-order valence-electron chi connectivity index (χ2n) is 3.77. The van der Waals surface area contributed by atoms with Crippen molar-refractivity contribution in [1.82, 2.24) is 0 Å². The fourth-order valence-corrected chi connectivity index (χ4v) is 2.22. The Balaban J connectivity index is 1.90. The van der Waals surface area contributed by atoms with Crippen LogP contribution in [0.5, 0.6) is 5.75 Å². The van der Waals surface area contributed by atoms with Crippen LogP contribution in [0.2, 0.25) is 0 Å². The number of aryl methyl sites for hydroxylation is 1. The normalized spacial score (nSPS) is 10.3. The van der Waals surface area contributed by atoms with E-state index >= 15 is 0 Å². The molecule has 0 fully saturated rings. The van der Waals surface area contributed by atoms with Gasteiger partial charge in [-0.05, 0) is 47.0 Å². The van der Waals surface area contributed by atoms with Crippen molar-refractivity contribution in [2.75, 3.05) is 12.3 Å². The fourth-order valence-electron chi connectivity index (χ4n) is 1.51. The molecule has 3 heteroatoms. The zero-order valence-electron chi connectivity index (χ0n) is 9.27. The average Bonchev–Trinajstić information content (AvgIpc) is 2.74. The van der Waals surface area contributed by atoms with Gasteiger partial charge in [0, 0.05) is 6.42 Å². The number of thiophene rings is 1. The molecule has 16 heavy (non-hydrogen) atoms. The summed E-state index contributed by atoms with van der Waals surface area (Å²) in [6.45, 7) is 2.69. The second kappa shape index (κ2) is 5.03. The van der Waals surface area contributed by atoms with Crippen LogP contribution in [-0.2, 0) is 6.42 Å². The van der Waals surface area contributed by atoms with E-state index in [1.54, 1.807) is 11.3 Å². The molecule has 0 saturated heterocycles. The first-order chi connectivity index (χ1) is 7.75. The van der Waals surface area contributed by atoms with Crippen LogP contribution < -0.4 is 10.5 Å². The molecule has 0 unspecified atom stereocenters. The first-order valence-electron chi connectivity index (χ1n) is 5.26. The largest absolute Gasteiger partial charge is 0.491 e. The summed E-state index contributed by atoms with van der Waals surface area (Å²) in [4.78, 5) is 0. The molecule has 2 nitrogen and oxygen atoms in total. The Morgan fingerprint density at radius 3 is 2.88 bits per heavy atom. The minimum Gasteiger partial charge on any atom is -0.491 e. The second-order valence-corrected chi connectivity index (χ2v) is 4.55. The molecule has 2 N–H and O–H groups in total. The van der Waals surface area contributed by atoms with Crippen molar-refractivity contribution in [3.8, 4) is 5.75 Å². The molecular formula is C13H15NOS. The van der Waals surface area contributed by atoms with Gasteiger partial charge in [-0.1, -0.05) is 6.07 Å². The maximum Gasteiger partial charge on any atom is 0.142 e. The summed E-state index contributed by atoms with van der Waals surface area (Å²) in [5.41, 5.74) is 9.04. The van der Waals surface area contributed by atoms with E-state index in [0.29, 0.717) is 12.3 Å². The van der Waals surface area contributed by atoms with Crippen LogP contribution in [0.1, 0.15) is 11.1 Å². The third-order valence-electron chi connectivity index (χ3n) is 2.39. The lowest BCUT2D eigenvalue weighted by atomic mass is 10.2. The number of hydrogen-bond acceptors (Lipinski definition) is 3. The molecule has 1 aromatic carbocycles. The van der Waals surface area contributed by atoms with Gasteiger partial charge in [0.15, 0.2) is 0 Å². The molecule has 0 aliphatic heterocycles. The van der Waals surface area contributed by atoms with Gasteiger partial charge in [0.05, 0.1) is 12.3 Å². The van der Waals surface area contributed by atoms with E-state index in [-0.39, 0.29) is 0 Å². The van der Waals surface area contributed by atoms with Gasteiger partial charge in [0.2, 0.25) is 0 Å². The standard InChI is InChI=1S/C13H15NOS/c1-10-2-3-13(12(14)8-10)15-6-4-11-5-7-16-9-11/h2-3,5,7-9H,4,6,14H2,1H3. The first kappa shape index (κ1) is 11.0. The summed E-state index contributed by atoms with van der Waals surface area (Å²) < 4.78 is 5.64. The molecule has 84 valence electrons. The van der Waals surface area contributed by atoms with E-state index in [9.17, 15) is 0 Å². The quantitative estimate of drug-likeness (QED) is 0.823. The molecule has 2 aromatic rings. The number of anilines is 1. The summed E-state index contributed by atoms with van der Waals surface area (Å²) in [7, 11) is 0. The van der Waals surface area contributed by atoms with Crippen molar-refractivity contribution in [1.29, 1.82) is 0 Å². The van der Waals surface area contributed by atoms with E-state index in [4.69, 9.17) is 10.5 Å². The SMILES string of the molecule is Cc1ccc(OCCc2ccsc2)c(N)c1. The Hall–Kier alpha value is -1.48. The minimum absolute atomic E-state index is 0.671. The third-order valence-corrected chi connectivity index (χ3v) is 3.13. The van der Waals surface area contributed by atoms with E-state index in [1.165, 1.54) is 5.56 Å². The highest BCUT2D eigenvalue weighted by Gasteiger charge is 2.00. The number of rotatable bonds is 4. The van der Waals surface area contributed by atoms with Gasteiger partial charge < -0.3 is 10.5 Å². The number of nitrogen functional groups attached to an aromatic ring is 1. The Bertz CT molecular complexity index is 451. The van der Waals surface area contributed by atoms with Gasteiger partial charge in [0.1, 0.15) is 5.75 Å². The molecule has 0 radical (unpaired) electrons. The van der Waals surface area contributed by atoms with Gasteiger partial charge >= 0.3 is 0 Å². The molecule has 0 spiro atoms. The predicted octanol–water partition coefficient (Wildman–Crippen LogP) is 3.26. The van der Waals surface area contributed by atoms with Gasteiger partial charge in [-0.2, -0.15) is 11.3 Å². The Morgan fingerprint density at radius 2 is 2.19 bits per heavy atom. The molecule has 0 aliphatic rings. The van der Waals surface area contributed by atoms with Crippen LogP contribution in [0.3, 0.4) is 0 Å². The molecule has 0 saturated carbocycles. The monoisotopic (exact) mass is 233 g/mol. The lowest BCUT2D eigenvalue weighted by Crippen LogP contribution is -2.02. The average molecular weight is 233 g/mol. The Kier molecular flexibility index (Phi) is 3.47. The van der Waals surface area contributed by atoms with Crippen molar-refractivity contribution < 1.29 is 4.74 Å². The maximum atomic E-state index is 5.86. The Labute approximate surface area is 99.7 Å². The van der Waals surface area contributed by atoms with E-state index in [2.05, 4.69) is 16.8 Å². The minimum atomic E-state index is 0.671. The summed E-state index contributed by atoms with van der Waals surface area (Å²) in [5.74, 6) is 0.779. The molecule has 0 atom stereocenters. The highest BCUT2D eigenvalue weighted by atomic mass is 32.1. The van der Waals surface area contributed by atoms with Crippen LogP contribution >= 0.6 is 11.3 Å². The number of benzene rings is 1. The van der Waals surface area contributed by atoms with Gasteiger partial charge in [-0.15, -0.1) is 0 Å². The summed E-state index contributed by atoms with van der Waals surface area (Å²) in [5, 5.41) is 4.22. The molecular weight excluding hydrogens is 218 g/mol. The summed E-state index contributed by atoms with van der Waals surface area (Å²) >= 11 is 1.71. The lowest BCUT2D eigenvalue weighted by molar-refractivity contribution is 0.324. The van der Waals surface area contributed by atoms with Gasteiger partial charge in [0.25, 0.3) is 0 Å². The van der Waals surface area contributed by atoms with Crippen molar-refractivity contribution in [3.05, 3.63) is 46.2 Å². The lowest BCUT2D eigenvalue weighted by Gasteiger charge is -2.08. The topological polar surface area (TPSA) is 35.2 Å². The highest BCUT2D eigenvalue weighted by molar-refractivity contribution is 7.07. The van der Waals surface area contributed by atoms with Crippen LogP contribution in [0.15, 0.2) is 35.0 Å². The Morgan fingerprint density at radius 1 is 1.31 bits per heavy atom. The summed E-state index contributed by atoms with van der Waals surface area (Å²) in [6, 6.07) is 7.99. The fraction of sp³-hybridized carbons (Fsp3) is 0.231. The first-order valence-corrected chi connectivity index (χ1v) is 6.20. The van der Waals surface area contributed by atoms with Crippen molar-refractivity contribution in [2.45, 2.75) is 13.3 Å². The number of nitrogens with two attached hydrogens (primary N) is 1. The van der Waals surface area contributed by atoms with Crippen LogP contribution in [0, 0.1) is 6.92 Å². The van der Waals surface area contributed by atoms with E-state index < -0.39 is 0 Å². The van der Waals surface area contributed by atoms with Crippen LogP contribution in [-0.4, -0.2) is 6.61 Å². The summed E-state index contributed by atoms with van der Waals surface area (Å²) in [6.07, 6.45) is 0.927. The van der Waals surface area contributed by atoms with Crippen LogP contribution in [0.4, 0.5) is 5.69 Å². The van der Waals surface area contributed by atoms with Crippen molar-refractivity contribution >= 4 is 17.0 Å². The number of ether oxygens (including phenoxy) is 1. The molecule has 0 aliphatic carbocycles. The number of hydrogen-bond donors (Lipinski definition) is 1. The van der Waals surface area contributed by atoms with Gasteiger partial charge in [-0.25, -0.2) is 0 Å². The third kappa shape index (κ3) is 2.76. The van der Waals surface area contributed by atoms with E-state index in [1.807, 2.05) is 25.1 Å². The van der Waals surface area contributed by atoms with Crippen LogP contribution in [0.25, 0.3) is 0 Å². The maximum absolute atomic E-state index is 5.86. The zero-order chi connectivity index (χ0) is 11.4. The smallest absolute Gasteiger partial charge is 0.142 e.